The van der Waals surface area contributed by atoms with Gasteiger partial charge < -0.3 is 9.90 Å². The van der Waals surface area contributed by atoms with E-state index in [0.717, 1.165) is 0 Å². The molecule has 0 aliphatic carbocycles. The average Bonchev–Trinajstić information content (AvgIpc) is 1.88. The maximum absolute atomic E-state index is 9.82. The molecule has 2 atom stereocenters. The molecule has 0 radical (unpaired) electrons. The molecule has 0 rings (SSSR count). The lowest BCUT2D eigenvalue weighted by Gasteiger charge is -2.06. The molecule has 62 valence electrons. The normalized spacial score (nSPS) is 11.2. The molecular formula is C7H16O2P-. The monoisotopic (exact) mass is 163 g/mol. The van der Waals surface area contributed by atoms with E-state index < -0.39 is 5.97 Å². The average molecular weight is 163 g/mol. The van der Waals surface area contributed by atoms with Crippen LogP contribution in [-0.4, -0.2) is 12.1 Å². The summed E-state index contributed by atoms with van der Waals surface area (Å²) < 4.78 is 0. The Morgan fingerprint density at radius 3 is 1.90 bits per heavy atom. The van der Waals surface area contributed by atoms with E-state index >= 15 is 0 Å². The Labute approximate surface area is 65.2 Å². The minimum Gasteiger partial charge on any atom is -0.550 e. The van der Waals surface area contributed by atoms with E-state index in [0.29, 0.717) is 6.42 Å². The van der Waals surface area contributed by atoms with E-state index in [-0.39, 0.29) is 5.92 Å². The number of aliphatic carboxylic acids is 1. The molecule has 0 bridgehead atoms. The molecule has 0 N–H and O–H groups in total. The van der Waals surface area contributed by atoms with Crippen LogP contribution >= 0.6 is 9.24 Å². The van der Waals surface area contributed by atoms with Gasteiger partial charge in [-0.25, -0.2) is 0 Å². The third-order valence-corrected chi connectivity index (χ3v) is 1.01. The Hall–Kier alpha value is -0.100. The van der Waals surface area contributed by atoms with Crippen molar-refractivity contribution >= 4 is 15.2 Å². The van der Waals surface area contributed by atoms with Crippen molar-refractivity contribution < 1.29 is 9.90 Å². The van der Waals surface area contributed by atoms with Crippen molar-refractivity contribution in [2.75, 3.05) is 6.16 Å². The molecule has 0 spiro atoms. The first-order chi connectivity index (χ1) is 4.59. The topological polar surface area (TPSA) is 40.1 Å². The van der Waals surface area contributed by atoms with Crippen molar-refractivity contribution in [3.63, 3.8) is 0 Å². The number of carboxylic acids is 1. The van der Waals surface area contributed by atoms with Crippen molar-refractivity contribution in [1.29, 1.82) is 0 Å². The molecule has 0 aliphatic heterocycles. The SMILES string of the molecule is CCC(C)C(=O)[O-].CCP. The van der Waals surface area contributed by atoms with Crippen LogP contribution in [0.1, 0.15) is 27.2 Å². The molecule has 10 heavy (non-hydrogen) atoms. The molecular weight excluding hydrogens is 147 g/mol. The van der Waals surface area contributed by atoms with Crippen LogP contribution in [0.25, 0.3) is 0 Å². The van der Waals surface area contributed by atoms with Crippen molar-refractivity contribution in [2.24, 2.45) is 5.92 Å². The van der Waals surface area contributed by atoms with E-state index in [1.54, 1.807) is 6.92 Å². The Kier molecular flexibility index (Phi) is 11.2. The minimum absolute atomic E-state index is 0.292. The standard InChI is InChI=1S/C5H10O2.C2H7P/c1-3-4(2)5(6)7;1-2-3/h4H,3H2,1-2H3,(H,6,7);2-3H2,1H3/p-1. The molecule has 0 amide bonds. The lowest BCUT2D eigenvalue weighted by atomic mass is 10.1. The molecule has 0 aromatic carbocycles. The third-order valence-electron chi connectivity index (χ3n) is 1.01. The van der Waals surface area contributed by atoms with Crippen LogP contribution in [0.2, 0.25) is 0 Å². The van der Waals surface area contributed by atoms with Crippen LogP contribution in [0.5, 0.6) is 0 Å². The van der Waals surface area contributed by atoms with E-state index in [4.69, 9.17) is 0 Å². The fourth-order valence-electron chi connectivity index (χ4n) is 0.167. The van der Waals surface area contributed by atoms with Crippen molar-refractivity contribution in [3.05, 3.63) is 0 Å². The first-order valence-corrected chi connectivity index (χ1v) is 4.32. The van der Waals surface area contributed by atoms with Crippen LogP contribution in [0.4, 0.5) is 0 Å². The summed E-state index contributed by atoms with van der Waals surface area (Å²) in [5.41, 5.74) is 0. The molecule has 0 aliphatic rings. The second-order valence-corrected chi connectivity index (χ2v) is 2.85. The first-order valence-electron chi connectivity index (χ1n) is 3.50. The first kappa shape index (κ1) is 12.6. The maximum Gasteiger partial charge on any atom is 0.0442 e. The van der Waals surface area contributed by atoms with Crippen LogP contribution in [-0.2, 0) is 4.79 Å². The lowest BCUT2D eigenvalue weighted by Crippen LogP contribution is -2.28. The summed E-state index contributed by atoms with van der Waals surface area (Å²) in [4.78, 5) is 9.82. The third kappa shape index (κ3) is 10.8. The Morgan fingerprint density at radius 1 is 1.60 bits per heavy atom. The highest BCUT2D eigenvalue weighted by Gasteiger charge is 1.94. The van der Waals surface area contributed by atoms with Gasteiger partial charge >= 0.3 is 0 Å². The quantitative estimate of drug-likeness (QED) is 0.561. The largest absolute Gasteiger partial charge is 0.550 e. The van der Waals surface area contributed by atoms with Gasteiger partial charge in [-0.1, -0.05) is 20.8 Å². The van der Waals surface area contributed by atoms with Gasteiger partial charge in [0, 0.05) is 5.97 Å². The predicted octanol–water partition coefficient (Wildman–Crippen LogP) is 0.664. The Morgan fingerprint density at radius 2 is 1.90 bits per heavy atom. The molecule has 0 fully saturated rings. The summed E-state index contributed by atoms with van der Waals surface area (Å²) in [5, 5.41) is 9.82. The number of hydrogen-bond donors (Lipinski definition) is 0. The summed E-state index contributed by atoms with van der Waals surface area (Å²) >= 11 is 0. The van der Waals surface area contributed by atoms with E-state index in [2.05, 4.69) is 16.2 Å². The molecule has 2 unspecified atom stereocenters. The second kappa shape index (κ2) is 8.90. The molecule has 3 heteroatoms. The summed E-state index contributed by atoms with van der Waals surface area (Å²) in [6, 6.07) is 0. The van der Waals surface area contributed by atoms with Gasteiger partial charge in [0.25, 0.3) is 0 Å². The lowest BCUT2D eigenvalue weighted by molar-refractivity contribution is -0.311. The van der Waals surface area contributed by atoms with Gasteiger partial charge in [0.05, 0.1) is 0 Å². The maximum atomic E-state index is 9.82. The van der Waals surface area contributed by atoms with Crippen molar-refractivity contribution in [2.45, 2.75) is 27.2 Å². The fraction of sp³-hybridized carbons (Fsp3) is 0.857. The van der Waals surface area contributed by atoms with Gasteiger partial charge in [-0.05, 0) is 18.5 Å². The van der Waals surface area contributed by atoms with Crippen LogP contribution in [0, 0.1) is 5.92 Å². The number of carbonyl (C=O) groups excluding carboxylic acids is 1. The molecule has 0 aromatic rings. The number of rotatable bonds is 2. The van der Waals surface area contributed by atoms with E-state index in [1.165, 1.54) is 6.16 Å². The summed E-state index contributed by atoms with van der Waals surface area (Å²) in [6.45, 7) is 5.54. The van der Waals surface area contributed by atoms with Gasteiger partial charge in [-0.3, -0.25) is 0 Å². The van der Waals surface area contributed by atoms with Gasteiger partial charge in [-0.2, -0.15) is 0 Å². The zero-order chi connectivity index (χ0) is 8.57. The van der Waals surface area contributed by atoms with Crippen molar-refractivity contribution in [1.82, 2.24) is 0 Å². The van der Waals surface area contributed by atoms with E-state index in [1.807, 2.05) is 6.92 Å². The number of carboxylic acid groups (broad SMARTS) is 1. The fourth-order valence-corrected chi connectivity index (χ4v) is 0.167. The zero-order valence-electron chi connectivity index (χ0n) is 6.89. The summed E-state index contributed by atoms with van der Waals surface area (Å²) in [6.07, 6.45) is 1.82. The number of hydrogen-bond acceptors (Lipinski definition) is 2. The van der Waals surface area contributed by atoms with Crippen LogP contribution in [0.15, 0.2) is 0 Å². The number of carbonyl (C=O) groups is 1. The summed E-state index contributed by atoms with van der Waals surface area (Å²) in [7, 11) is 2.58. The second-order valence-electron chi connectivity index (χ2n) is 2.04. The van der Waals surface area contributed by atoms with Gasteiger partial charge in [-0.15, -0.1) is 9.24 Å². The highest BCUT2D eigenvalue weighted by molar-refractivity contribution is 7.16. The van der Waals surface area contributed by atoms with Gasteiger partial charge in [0.15, 0.2) is 0 Å². The Balaban J connectivity index is 0. The highest BCUT2D eigenvalue weighted by Crippen LogP contribution is 1.95. The Bertz CT molecular complexity index is 83.7. The van der Waals surface area contributed by atoms with Crippen molar-refractivity contribution in [3.8, 4) is 0 Å². The molecule has 0 heterocycles. The van der Waals surface area contributed by atoms with Crippen LogP contribution < -0.4 is 5.11 Å². The molecule has 0 aromatic heterocycles. The molecule has 2 nitrogen and oxygen atoms in total. The highest BCUT2D eigenvalue weighted by atomic mass is 31.0. The minimum atomic E-state index is -0.956. The predicted molar refractivity (Wildman–Crippen MR) is 44.7 cm³/mol. The molecule has 0 saturated carbocycles. The summed E-state index contributed by atoms with van der Waals surface area (Å²) in [5.74, 6) is -1.25. The van der Waals surface area contributed by atoms with E-state index in [9.17, 15) is 9.90 Å². The smallest absolute Gasteiger partial charge is 0.0442 e. The van der Waals surface area contributed by atoms with Gasteiger partial charge in [0.1, 0.15) is 0 Å². The zero-order valence-corrected chi connectivity index (χ0v) is 8.04. The molecule has 0 saturated heterocycles. The van der Waals surface area contributed by atoms with Gasteiger partial charge in [0.2, 0.25) is 0 Å². The van der Waals surface area contributed by atoms with Crippen LogP contribution in [0.3, 0.4) is 0 Å².